The van der Waals surface area contributed by atoms with Crippen molar-refractivity contribution in [1.29, 1.82) is 0 Å². The van der Waals surface area contributed by atoms with Crippen LogP contribution in [0.2, 0.25) is 0 Å². The van der Waals surface area contributed by atoms with E-state index in [0.29, 0.717) is 0 Å². The summed E-state index contributed by atoms with van der Waals surface area (Å²) in [5.74, 6) is -0.345. The highest BCUT2D eigenvalue weighted by Crippen LogP contribution is 2.16. The summed E-state index contributed by atoms with van der Waals surface area (Å²) in [6.45, 7) is 5.23. The smallest absolute Gasteiger partial charge is 0.290 e. The molecule has 0 spiro atoms. The van der Waals surface area contributed by atoms with Gasteiger partial charge in [-0.3, -0.25) is 14.5 Å². The molecule has 2 N–H and O–H groups in total. The zero-order chi connectivity index (χ0) is 9.94. The van der Waals surface area contributed by atoms with Gasteiger partial charge in [-0.25, -0.2) is 0 Å². The Morgan fingerprint density at radius 1 is 1.42 bits per heavy atom. The molecule has 0 heterocycles. The van der Waals surface area contributed by atoms with E-state index in [0.717, 1.165) is 4.90 Å². The van der Waals surface area contributed by atoms with Crippen molar-refractivity contribution in [3.05, 3.63) is 0 Å². The molecule has 0 bridgehead atoms. The van der Waals surface area contributed by atoms with Crippen molar-refractivity contribution in [1.82, 2.24) is 4.90 Å². The van der Waals surface area contributed by atoms with E-state index >= 15 is 0 Å². The maximum atomic E-state index is 11.2. The molecule has 0 aliphatic rings. The summed E-state index contributed by atoms with van der Waals surface area (Å²) in [5, 5.41) is 0. The van der Waals surface area contributed by atoms with Crippen LogP contribution in [0.15, 0.2) is 0 Å². The number of halogens is 1. The third kappa shape index (κ3) is 3.06. The van der Waals surface area contributed by atoms with E-state index in [4.69, 9.17) is 5.73 Å². The number of amides is 2. The molecule has 12 heavy (non-hydrogen) atoms. The van der Waals surface area contributed by atoms with E-state index < -0.39 is 5.54 Å². The monoisotopic (exact) mass is 284 g/mol. The number of imide groups is 1. The number of nitrogens with zero attached hydrogens (tertiary/aromatic N) is 1. The molecule has 0 rings (SSSR count). The van der Waals surface area contributed by atoms with Gasteiger partial charge < -0.3 is 5.73 Å². The summed E-state index contributed by atoms with van der Waals surface area (Å²) in [7, 11) is 0. The predicted octanol–water partition coefficient (Wildman–Crippen LogP) is 1.13. The molecule has 0 radical (unpaired) electrons. The molecule has 70 valence electrons. The topological polar surface area (TPSA) is 63.4 Å². The minimum absolute atomic E-state index is 0.133. The maximum absolute atomic E-state index is 11.2. The Labute approximate surface area is 85.6 Å². The van der Waals surface area contributed by atoms with E-state index in [9.17, 15) is 9.59 Å². The third-order valence-corrected chi connectivity index (χ3v) is 1.75. The van der Waals surface area contributed by atoms with Gasteiger partial charge in [0.05, 0.1) is 6.54 Å². The Bertz CT molecular complexity index is 198. The van der Waals surface area contributed by atoms with Crippen molar-refractivity contribution in [2.24, 2.45) is 5.73 Å². The van der Waals surface area contributed by atoms with Crippen LogP contribution in [0.1, 0.15) is 20.8 Å². The second-order valence-electron chi connectivity index (χ2n) is 3.36. The highest BCUT2D eigenvalue weighted by Gasteiger charge is 2.29. The molecular weight excluding hydrogens is 271 g/mol. The van der Waals surface area contributed by atoms with Crippen LogP contribution in [0, 0.1) is 0 Å². The Morgan fingerprint density at radius 3 is 1.92 bits per heavy atom. The summed E-state index contributed by atoms with van der Waals surface area (Å²) in [6.07, 6.45) is 0. The van der Waals surface area contributed by atoms with E-state index in [1.165, 1.54) is 0 Å². The third-order valence-electron chi connectivity index (χ3n) is 1.27. The number of hydrogen-bond donors (Lipinski definition) is 1. The zero-order valence-corrected chi connectivity index (χ0v) is 9.58. The van der Waals surface area contributed by atoms with Crippen molar-refractivity contribution in [2.45, 2.75) is 26.3 Å². The Hall–Kier alpha value is -0.170. The number of carbonyl (C=O) groups is 2. The predicted molar refractivity (Wildman–Crippen MR) is 55.1 cm³/mol. The van der Waals surface area contributed by atoms with Crippen LogP contribution >= 0.6 is 22.6 Å². The quantitative estimate of drug-likeness (QED) is 0.446. The van der Waals surface area contributed by atoms with Crippen molar-refractivity contribution in [2.75, 3.05) is 6.54 Å². The molecule has 0 saturated carbocycles. The Kier molecular flexibility index (Phi) is 4.12. The second-order valence-corrected chi connectivity index (χ2v) is 4.28. The molecule has 0 aromatic rings. The highest BCUT2D eigenvalue weighted by atomic mass is 127. The second kappa shape index (κ2) is 4.18. The van der Waals surface area contributed by atoms with Crippen LogP contribution in [0.3, 0.4) is 0 Å². The van der Waals surface area contributed by atoms with Crippen LogP contribution in [-0.4, -0.2) is 26.8 Å². The molecule has 0 saturated heterocycles. The van der Waals surface area contributed by atoms with Crippen LogP contribution in [0.25, 0.3) is 0 Å². The first-order valence-electron chi connectivity index (χ1n) is 3.53. The summed E-state index contributed by atoms with van der Waals surface area (Å²) in [6, 6.07) is 0. The molecule has 0 atom stereocenters. The van der Waals surface area contributed by atoms with Crippen LogP contribution in [0.5, 0.6) is 0 Å². The SMILES string of the molecule is CC(C)(C)N(C(=O)I)C(=O)CN. The van der Waals surface area contributed by atoms with E-state index in [1.54, 1.807) is 43.4 Å². The van der Waals surface area contributed by atoms with E-state index in [2.05, 4.69) is 0 Å². The Morgan fingerprint density at radius 2 is 1.83 bits per heavy atom. The Balaban J connectivity index is 4.68. The van der Waals surface area contributed by atoms with Gasteiger partial charge in [-0.15, -0.1) is 0 Å². The lowest BCUT2D eigenvalue weighted by Crippen LogP contribution is -2.49. The lowest BCUT2D eigenvalue weighted by atomic mass is 10.1. The maximum Gasteiger partial charge on any atom is 0.290 e. The van der Waals surface area contributed by atoms with Crippen molar-refractivity contribution < 1.29 is 9.59 Å². The zero-order valence-electron chi connectivity index (χ0n) is 7.43. The first-order valence-corrected chi connectivity index (χ1v) is 4.61. The molecule has 0 aromatic heterocycles. The molecule has 0 unspecified atom stereocenters. The van der Waals surface area contributed by atoms with Gasteiger partial charge in [0, 0.05) is 28.1 Å². The minimum atomic E-state index is -0.491. The van der Waals surface area contributed by atoms with Gasteiger partial charge in [0.25, 0.3) is 3.91 Å². The average Bonchev–Trinajstić information content (AvgIpc) is 1.83. The van der Waals surface area contributed by atoms with Crippen molar-refractivity contribution in [3.8, 4) is 0 Å². The highest BCUT2D eigenvalue weighted by molar-refractivity contribution is 14.1. The summed E-state index contributed by atoms with van der Waals surface area (Å²) in [4.78, 5) is 23.4. The van der Waals surface area contributed by atoms with Gasteiger partial charge in [0.1, 0.15) is 0 Å². The van der Waals surface area contributed by atoms with Crippen LogP contribution in [-0.2, 0) is 4.79 Å². The van der Waals surface area contributed by atoms with Crippen molar-refractivity contribution in [3.63, 3.8) is 0 Å². The molecule has 0 aromatic carbocycles. The van der Waals surface area contributed by atoms with Gasteiger partial charge in [-0.05, 0) is 20.8 Å². The molecule has 4 nitrogen and oxygen atoms in total. The normalized spacial score (nSPS) is 11.1. The van der Waals surface area contributed by atoms with Crippen molar-refractivity contribution >= 4 is 32.4 Å². The number of carbonyl (C=O) groups excluding carboxylic acids is 2. The fourth-order valence-electron chi connectivity index (χ4n) is 0.827. The number of nitrogens with two attached hydrogens (primary N) is 1. The van der Waals surface area contributed by atoms with Gasteiger partial charge in [-0.2, -0.15) is 0 Å². The fourth-order valence-corrected chi connectivity index (χ4v) is 1.82. The largest absolute Gasteiger partial charge is 0.322 e. The lowest BCUT2D eigenvalue weighted by Gasteiger charge is -2.31. The van der Waals surface area contributed by atoms with Gasteiger partial charge in [0.15, 0.2) is 0 Å². The first kappa shape index (κ1) is 11.8. The van der Waals surface area contributed by atoms with E-state index in [-0.39, 0.29) is 16.4 Å². The molecular formula is C7H13IN2O2. The molecule has 0 aliphatic carbocycles. The standard InChI is InChI=1S/C7H13IN2O2/c1-7(2,3)10(6(8)12)5(11)4-9/h4,9H2,1-3H3. The average molecular weight is 284 g/mol. The molecule has 0 fully saturated rings. The first-order chi connectivity index (χ1) is 5.30. The summed E-state index contributed by atoms with van der Waals surface area (Å²) >= 11 is 1.58. The van der Waals surface area contributed by atoms with Crippen LogP contribution < -0.4 is 5.73 Å². The molecule has 2 amide bonds. The fraction of sp³-hybridized carbons (Fsp3) is 0.714. The number of hydrogen-bond acceptors (Lipinski definition) is 3. The van der Waals surface area contributed by atoms with Gasteiger partial charge in [-0.1, -0.05) is 0 Å². The summed E-state index contributed by atoms with van der Waals surface area (Å²) in [5.41, 5.74) is 4.67. The van der Waals surface area contributed by atoms with E-state index in [1.807, 2.05) is 0 Å². The van der Waals surface area contributed by atoms with Gasteiger partial charge >= 0.3 is 0 Å². The molecule has 5 heteroatoms. The lowest BCUT2D eigenvalue weighted by molar-refractivity contribution is -0.129. The van der Waals surface area contributed by atoms with Crippen LogP contribution in [0.4, 0.5) is 4.79 Å². The van der Waals surface area contributed by atoms with Gasteiger partial charge in [0.2, 0.25) is 5.91 Å². The minimum Gasteiger partial charge on any atom is -0.322 e. The summed E-state index contributed by atoms with van der Waals surface area (Å²) < 4.78 is -0.296. The number of rotatable bonds is 1. The molecule has 0 aliphatic heterocycles.